The Morgan fingerprint density at radius 3 is 2.43 bits per heavy atom. The Morgan fingerprint density at radius 2 is 1.74 bits per heavy atom. The van der Waals surface area contributed by atoms with Gasteiger partial charge in [0.15, 0.2) is 0 Å². The van der Waals surface area contributed by atoms with Gasteiger partial charge in [-0.25, -0.2) is 0 Å². The molecule has 0 amide bonds. The van der Waals surface area contributed by atoms with Crippen molar-refractivity contribution in [3.05, 3.63) is 35.9 Å². The van der Waals surface area contributed by atoms with Crippen LogP contribution in [0.4, 0.5) is 0 Å². The first-order valence-corrected chi connectivity index (χ1v) is 8.93. The minimum atomic E-state index is 0.153. The highest BCUT2D eigenvalue weighted by atomic mass is 35.5. The van der Waals surface area contributed by atoms with E-state index in [1.54, 1.807) is 0 Å². The van der Waals surface area contributed by atoms with Crippen molar-refractivity contribution in [1.29, 1.82) is 0 Å². The number of aryl methyl sites for hydroxylation is 1. The van der Waals surface area contributed by atoms with Gasteiger partial charge in [-0.15, -0.1) is 11.6 Å². The topological polar surface area (TPSA) is 18.5 Å². The Balaban J connectivity index is 2.31. The third-order valence-corrected chi connectivity index (χ3v) is 4.00. The summed E-state index contributed by atoms with van der Waals surface area (Å²) in [5.74, 6) is 3.02. The first kappa shape index (κ1) is 17.9. The zero-order chi connectivity index (χ0) is 16.8. The van der Waals surface area contributed by atoms with Crippen LogP contribution in [0.25, 0.3) is 10.8 Å². The average Bonchev–Trinajstić information content (AvgIpc) is 2.52. The van der Waals surface area contributed by atoms with E-state index in [2.05, 4.69) is 45.9 Å². The van der Waals surface area contributed by atoms with Gasteiger partial charge < -0.3 is 9.47 Å². The van der Waals surface area contributed by atoms with Gasteiger partial charge in [0.05, 0.1) is 12.7 Å². The molecule has 0 radical (unpaired) electrons. The molecule has 0 heterocycles. The monoisotopic (exact) mass is 334 g/mol. The quantitative estimate of drug-likeness (QED) is 0.554. The Morgan fingerprint density at radius 1 is 1.00 bits per heavy atom. The van der Waals surface area contributed by atoms with Crippen molar-refractivity contribution >= 4 is 22.4 Å². The van der Waals surface area contributed by atoms with Crippen LogP contribution >= 0.6 is 11.6 Å². The van der Waals surface area contributed by atoms with E-state index < -0.39 is 0 Å². The lowest BCUT2D eigenvalue weighted by molar-refractivity contribution is 0.212. The van der Waals surface area contributed by atoms with Crippen molar-refractivity contribution < 1.29 is 9.47 Å². The number of hydrogen-bond acceptors (Lipinski definition) is 2. The van der Waals surface area contributed by atoms with Gasteiger partial charge in [0.1, 0.15) is 11.5 Å². The van der Waals surface area contributed by atoms with Crippen LogP contribution < -0.4 is 9.47 Å². The van der Waals surface area contributed by atoms with E-state index in [-0.39, 0.29) is 6.10 Å². The molecule has 1 unspecified atom stereocenters. The molecule has 2 aromatic rings. The van der Waals surface area contributed by atoms with Crippen LogP contribution in [-0.2, 0) is 0 Å². The summed E-state index contributed by atoms with van der Waals surface area (Å²) < 4.78 is 12.1. The molecule has 0 spiro atoms. The number of benzene rings is 2. The summed E-state index contributed by atoms with van der Waals surface area (Å²) in [6.45, 7) is 9.22. The van der Waals surface area contributed by atoms with Crippen LogP contribution in [0.3, 0.4) is 0 Å². The molecule has 1 atom stereocenters. The molecule has 0 fully saturated rings. The maximum absolute atomic E-state index is 6.15. The minimum absolute atomic E-state index is 0.153. The second kappa shape index (κ2) is 8.44. The molecular formula is C20H27ClO2. The van der Waals surface area contributed by atoms with E-state index in [1.165, 1.54) is 5.56 Å². The van der Waals surface area contributed by atoms with Crippen molar-refractivity contribution in [3.8, 4) is 11.5 Å². The highest BCUT2D eigenvalue weighted by molar-refractivity contribution is 6.17. The van der Waals surface area contributed by atoms with Crippen LogP contribution in [0.5, 0.6) is 11.5 Å². The van der Waals surface area contributed by atoms with Crippen molar-refractivity contribution in [2.45, 2.75) is 46.6 Å². The summed E-state index contributed by atoms with van der Waals surface area (Å²) in [7, 11) is 0. The maximum Gasteiger partial charge on any atom is 0.127 e. The number of rotatable bonds is 8. The lowest BCUT2D eigenvalue weighted by Crippen LogP contribution is -2.12. The van der Waals surface area contributed by atoms with Crippen LogP contribution in [0.2, 0.25) is 0 Å². The fourth-order valence-corrected chi connectivity index (χ4v) is 2.69. The Hall–Kier alpha value is -1.41. The number of fused-ring (bicyclic) bond motifs is 1. The maximum atomic E-state index is 6.15. The number of hydrogen-bond donors (Lipinski definition) is 0. The second-order valence-electron chi connectivity index (χ2n) is 6.58. The average molecular weight is 335 g/mol. The van der Waals surface area contributed by atoms with Crippen LogP contribution in [-0.4, -0.2) is 18.6 Å². The van der Waals surface area contributed by atoms with Crippen molar-refractivity contribution in [2.75, 3.05) is 12.5 Å². The Kier molecular flexibility index (Phi) is 6.59. The minimum Gasteiger partial charge on any atom is -0.493 e. The predicted octanol–water partition coefficient (Wildman–Crippen LogP) is 5.97. The number of halogens is 1. The molecule has 0 aliphatic heterocycles. The van der Waals surface area contributed by atoms with Crippen molar-refractivity contribution in [2.24, 2.45) is 5.92 Å². The van der Waals surface area contributed by atoms with Gasteiger partial charge in [-0.2, -0.15) is 0 Å². The predicted molar refractivity (Wildman–Crippen MR) is 99.1 cm³/mol. The van der Waals surface area contributed by atoms with E-state index in [0.717, 1.165) is 41.7 Å². The van der Waals surface area contributed by atoms with Crippen LogP contribution in [0.1, 0.15) is 39.2 Å². The van der Waals surface area contributed by atoms with Crippen LogP contribution in [0, 0.1) is 12.8 Å². The molecule has 2 nitrogen and oxygen atoms in total. The smallest absolute Gasteiger partial charge is 0.127 e. The number of ether oxygens (including phenoxy) is 2. The van der Waals surface area contributed by atoms with Gasteiger partial charge in [0, 0.05) is 16.7 Å². The lowest BCUT2D eigenvalue weighted by Gasteiger charge is -2.18. The van der Waals surface area contributed by atoms with Gasteiger partial charge in [0.2, 0.25) is 0 Å². The molecule has 0 saturated carbocycles. The Bertz CT molecular complexity index is 637. The van der Waals surface area contributed by atoms with E-state index in [9.17, 15) is 0 Å². The Labute approximate surface area is 144 Å². The molecule has 0 aliphatic carbocycles. The first-order chi connectivity index (χ1) is 11.0. The largest absolute Gasteiger partial charge is 0.493 e. The van der Waals surface area contributed by atoms with Crippen molar-refractivity contribution in [3.63, 3.8) is 0 Å². The molecule has 0 aliphatic rings. The molecule has 2 rings (SSSR count). The summed E-state index contributed by atoms with van der Waals surface area (Å²) in [5, 5.41) is 2.22. The zero-order valence-electron chi connectivity index (χ0n) is 14.6. The molecule has 0 saturated heterocycles. The molecule has 2 aromatic carbocycles. The van der Waals surface area contributed by atoms with Gasteiger partial charge >= 0.3 is 0 Å². The second-order valence-corrected chi connectivity index (χ2v) is 6.95. The molecular weight excluding hydrogens is 308 g/mol. The summed E-state index contributed by atoms with van der Waals surface area (Å²) in [6.07, 6.45) is 2.08. The molecule has 23 heavy (non-hydrogen) atoms. The van der Waals surface area contributed by atoms with Crippen LogP contribution in [0.15, 0.2) is 30.3 Å². The SMILES string of the molecule is Cc1ccc2c(OCC(C)C)ccc(OC(C)CCCCl)c2c1. The summed E-state index contributed by atoms with van der Waals surface area (Å²) in [4.78, 5) is 0. The zero-order valence-corrected chi connectivity index (χ0v) is 15.3. The van der Waals surface area contributed by atoms with Gasteiger partial charge in [-0.1, -0.05) is 31.5 Å². The van der Waals surface area contributed by atoms with Gasteiger partial charge in [0.25, 0.3) is 0 Å². The molecule has 3 heteroatoms. The fraction of sp³-hybridized carbons (Fsp3) is 0.500. The highest BCUT2D eigenvalue weighted by Crippen LogP contribution is 2.35. The lowest BCUT2D eigenvalue weighted by atomic mass is 10.1. The summed E-state index contributed by atoms with van der Waals surface area (Å²) >= 11 is 5.77. The van der Waals surface area contributed by atoms with Crippen molar-refractivity contribution in [1.82, 2.24) is 0 Å². The summed E-state index contributed by atoms with van der Waals surface area (Å²) in [5.41, 5.74) is 1.22. The van der Waals surface area contributed by atoms with E-state index in [0.29, 0.717) is 11.8 Å². The van der Waals surface area contributed by atoms with E-state index in [4.69, 9.17) is 21.1 Å². The molecule has 0 N–H and O–H groups in total. The molecule has 0 aromatic heterocycles. The highest BCUT2D eigenvalue weighted by Gasteiger charge is 2.12. The normalized spacial score (nSPS) is 12.6. The molecule has 126 valence electrons. The third kappa shape index (κ3) is 5.04. The number of alkyl halides is 1. The van der Waals surface area contributed by atoms with E-state index >= 15 is 0 Å². The van der Waals surface area contributed by atoms with E-state index in [1.807, 2.05) is 12.1 Å². The summed E-state index contributed by atoms with van der Waals surface area (Å²) in [6, 6.07) is 10.4. The standard InChI is InChI=1S/C20H27ClO2/c1-14(2)13-22-19-9-10-20(23-16(4)6-5-11-21)18-12-15(3)7-8-17(18)19/h7-10,12,14,16H,5-6,11,13H2,1-4H3. The molecule has 0 bridgehead atoms. The fourth-order valence-electron chi connectivity index (χ4n) is 2.53. The first-order valence-electron chi connectivity index (χ1n) is 8.40. The third-order valence-electron chi connectivity index (χ3n) is 3.74. The van der Waals surface area contributed by atoms with Gasteiger partial charge in [-0.3, -0.25) is 0 Å². The van der Waals surface area contributed by atoms with Gasteiger partial charge in [-0.05, 0) is 50.8 Å².